The molecule has 0 aliphatic heterocycles. The Kier molecular flexibility index (Phi) is 7.07. The van der Waals surface area contributed by atoms with E-state index in [2.05, 4.69) is 10.0 Å². The molecule has 158 valence electrons. The number of fused-ring (bicyclic) bond motifs is 1. The maximum absolute atomic E-state index is 12.5. The summed E-state index contributed by atoms with van der Waals surface area (Å²) >= 11 is 0. The maximum Gasteiger partial charge on any atom is 0.240 e. The van der Waals surface area contributed by atoms with E-state index in [0.29, 0.717) is 6.54 Å². The van der Waals surface area contributed by atoms with Gasteiger partial charge >= 0.3 is 0 Å². The molecule has 0 atom stereocenters. The van der Waals surface area contributed by atoms with E-state index in [9.17, 15) is 13.2 Å². The number of para-hydroxylation sites is 1. The number of hydrogen-bond acceptors (Lipinski definition) is 4. The van der Waals surface area contributed by atoms with E-state index in [4.69, 9.17) is 4.74 Å². The van der Waals surface area contributed by atoms with E-state index in [0.717, 1.165) is 22.1 Å². The van der Waals surface area contributed by atoms with Crippen molar-refractivity contribution in [1.29, 1.82) is 0 Å². The zero-order chi connectivity index (χ0) is 21.6. The summed E-state index contributed by atoms with van der Waals surface area (Å²) in [6, 6.07) is 20.0. The average molecular weight is 427 g/mol. The standard InChI is InChI=1S/C23H26N2O4S/c1-17(2)29-22-10-6-5-9-20(22)16-24-23(26)13-14-25-30(27,28)21-12-11-18-7-3-4-8-19(18)15-21/h3-12,15,17,25H,13-14,16H2,1-2H3,(H,24,26). The summed E-state index contributed by atoms with van der Waals surface area (Å²) < 4.78 is 33.3. The van der Waals surface area contributed by atoms with Gasteiger partial charge in [-0.3, -0.25) is 4.79 Å². The Labute approximate surface area is 177 Å². The van der Waals surface area contributed by atoms with E-state index < -0.39 is 10.0 Å². The van der Waals surface area contributed by atoms with Crippen LogP contribution in [0.15, 0.2) is 71.6 Å². The van der Waals surface area contributed by atoms with Gasteiger partial charge in [0.15, 0.2) is 0 Å². The normalized spacial score (nSPS) is 11.6. The number of rotatable bonds is 9. The summed E-state index contributed by atoms with van der Waals surface area (Å²) in [5.74, 6) is 0.486. The van der Waals surface area contributed by atoms with Gasteiger partial charge in [-0.05, 0) is 42.8 Å². The van der Waals surface area contributed by atoms with Crippen molar-refractivity contribution in [3.05, 3.63) is 72.3 Å². The van der Waals surface area contributed by atoms with Crippen LogP contribution >= 0.6 is 0 Å². The second-order valence-corrected chi connectivity index (χ2v) is 8.97. The van der Waals surface area contributed by atoms with Gasteiger partial charge in [0, 0.05) is 25.1 Å². The third-order valence-corrected chi connectivity index (χ3v) is 5.95. The van der Waals surface area contributed by atoms with Crippen molar-refractivity contribution in [3.8, 4) is 5.75 Å². The molecule has 0 saturated carbocycles. The lowest BCUT2D eigenvalue weighted by Crippen LogP contribution is -2.30. The van der Waals surface area contributed by atoms with Gasteiger partial charge in [0.25, 0.3) is 0 Å². The quantitative estimate of drug-likeness (QED) is 0.547. The fourth-order valence-electron chi connectivity index (χ4n) is 3.02. The molecule has 3 aromatic rings. The summed E-state index contributed by atoms with van der Waals surface area (Å²) in [5, 5.41) is 4.63. The highest BCUT2D eigenvalue weighted by atomic mass is 32.2. The van der Waals surface area contributed by atoms with Crippen LogP contribution in [0, 0.1) is 0 Å². The molecule has 0 aliphatic rings. The van der Waals surface area contributed by atoms with Crippen LogP contribution in [0.5, 0.6) is 5.75 Å². The van der Waals surface area contributed by atoms with Crippen molar-refractivity contribution in [2.24, 2.45) is 0 Å². The van der Waals surface area contributed by atoms with Gasteiger partial charge in [0.05, 0.1) is 11.0 Å². The molecular weight excluding hydrogens is 400 g/mol. The number of sulfonamides is 1. The number of amides is 1. The fraction of sp³-hybridized carbons (Fsp3) is 0.261. The third kappa shape index (κ3) is 5.81. The topological polar surface area (TPSA) is 84.5 Å². The van der Waals surface area contributed by atoms with Crippen molar-refractivity contribution in [3.63, 3.8) is 0 Å². The van der Waals surface area contributed by atoms with Crippen molar-refractivity contribution < 1.29 is 17.9 Å². The van der Waals surface area contributed by atoms with Crippen LogP contribution in [0.1, 0.15) is 25.8 Å². The van der Waals surface area contributed by atoms with Crippen LogP contribution < -0.4 is 14.8 Å². The summed E-state index contributed by atoms with van der Waals surface area (Å²) in [5.41, 5.74) is 0.872. The van der Waals surface area contributed by atoms with E-state index in [1.807, 2.05) is 62.4 Å². The van der Waals surface area contributed by atoms with Gasteiger partial charge in [-0.25, -0.2) is 13.1 Å². The van der Waals surface area contributed by atoms with Crippen molar-refractivity contribution in [2.75, 3.05) is 6.54 Å². The Balaban J connectivity index is 1.52. The SMILES string of the molecule is CC(C)Oc1ccccc1CNC(=O)CCNS(=O)(=O)c1ccc2ccccc2c1. The molecule has 6 nitrogen and oxygen atoms in total. The van der Waals surface area contributed by atoms with E-state index >= 15 is 0 Å². The number of benzene rings is 3. The molecule has 0 fully saturated rings. The predicted molar refractivity (Wildman–Crippen MR) is 118 cm³/mol. The molecule has 2 N–H and O–H groups in total. The fourth-order valence-corrected chi connectivity index (χ4v) is 4.08. The number of carbonyl (C=O) groups excluding carboxylic acids is 1. The molecule has 30 heavy (non-hydrogen) atoms. The molecule has 0 bridgehead atoms. The van der Waals surface area contributed by atoms with E-state index in [1.165, 1.54) is 0 Å². The lowest BCUT2D eigenvalue weighted by molar-refractivity contribution is -0.121. The summed E-state index contributed by atoms with van der Waals surface area (Å²) in [7, 11) is -3.68. The van der Waals surface area contributed by atoms with Gasteiger partial charge in [-0.1, -0.05) is 48.5 Å². The predicted octanol–water partition coefficient (Wildman–Crippen LogP) is 3.61. The average Bonchev–Trinajstić information content (AvgIpc) is 2.72. The van der Waals surface area contributed by atoms with Gasteiger partial charge in [0.2, 0.25) is 15.9 Å². The molecular formula is C23H26N2O4S. The smallest absolute Gasteiger partial charge is 0.240 e. The minimum atomic E-state index is -3.68. The Morgan fingerprint density at radius 1 is 0.967 bits per heavy atom. The third-order valence-electron chi connectivity index (χ3n) is 4.49. The molecule has 0 spiro atoms. The van der Waals surface area contributed by atoms with Crippen LogP contribution in [0.25, 0.3) is 10.8 Å². The van der Waals surface area contributed by atoms with Gasteiger partial charge < -0.3 is 10.1 Å². The van der Waals surface area contributed by atoms with Crippen LogP contribution in [0.4, 0.5) is 0 Å². The number of carbonyl (C=O) groups is 1. The van der Waals surface area contributed by atoms with Crippen molar-refractivity contribution >= 4 is 26.7 Å². The van der Waals surface area contributed by atoms with Crippen molar-refractivity contribution in [2.45, 2.75) is 37.8 Å². The zero-order valence-corrected chi connectivity index (χ0v) is 17.9. The lowest BCUT2D eigenvalue weighted by atomic mass is 10.1. The van der Waals surface area contributed by atoms with Crippen LogP contribution in [0.3, 0.4) is 0 Å². The van der Waals surface area contributed by atoms with E-state index in [1.54, 1.807) is 18.2 Å². The summed E-state index contributed by atoms with van der Waals surface area (Å²) in [6.45, 7) is 4.22. The molecule has 0 unspecified atom stereocenters. The maximum atomic E-state index is 12.5. The first-order valence-corrected chi connectivity index (χ1v) is 11.3. The van der Waals surface area contributed by atoms with Crippen LogP contribution in [0.2, 0.25) is 0 Å². The number of hydrogen-bond donors (Lipinski definition) is 2. The van der Waals surface area contributed by atoms with Gasteiger partial charge in [0.1, 0.15) is 5.75 Å². The lowest BCUT2D eigenvalue weighted by Gasteiger charge is -2.14. The Morgan fingerprint density at radius 2 is 1.67 bits per heavy atom. The molecule has 0 aliphatic carbocycles. The molecule has 3 rings (SSSR count). The molecule has 0 aromatic heterocycles. The van der Waals surface area contributed by atoms with Crippen LogP contribution in [-0.4, -0.2) is 27.0 Å². The molecule has 3 aromatic carbocycles. The Morgan fingerprint density at radius 3 is 2.43 bits per heavy atom. The zero-order valence-electron chi connectivity index (χ0n) is 17.1. The van der Waals surface area contributed by atoms with Gasteiger partial charge in [-0.2, -0.15) is 0 Å². The first kappa shape index (κ1) is 21.8. The monoisotopic (exact) mass is 426 g/mol. The number of nitrogens with one attached hydrogen (secondary N) is 2. The summed E-state index contributed by atoms with van der Waals surface area (Å²) in [4.78, 5) is 12.3. The molecule has 7 heteroatoms. The van der Waals surface area contributed by atoms with Crippen LogP contribution in [-0.2, 0) is 21.4 Å². The highest BCUT2D eigenvalue weighted by Gasteiger charge is 2.15. The van der Waals surface area contributed by atoms with Gasteiger partial charge in [-0.15, -0.1) is 0 Å². The molecule has 1 amide bonds. The Hall–Kier alpha value is -2.90. The minimum Gasteiger partial charge on any atom is -0.491 e. The summed E-state index contributed by atoms with van der Waals surface area (Å²) in [6.07, 6.45) is 0.0754. The number of ether oxygens (including phenoxy) is 1. The second kappa shape index (κ2) is 9.73. The largest absolute Gasteiger partial charge is 0.491 e. The molecule has 0 radical (unpaired) electrons. The highest BCUT2D eigenvalue weighted by Crippen LogP contribution is 2.20. The second-order valence-electron chi connectivity index (χ2n) is 7.21. The molecule has 0 saturated heterocycles. The Bertz CT molecular complexity index is 1130. The first-order chi connectivity index (χ1) is 14.3. The molecule has 0 heterocycles. The van der Waals surface area contributed by atoms with E-state index in [-0.39, 0.29) is 29.9 Å². The first-order valence-electron chi connectivity index (χ1n) is 9.85. The van der Waals surface area contributed by atoms with Crippen molar-refractivity contribution in [1.82, 2.24) is 10.0 Å². The minimum absolute atomic E-state index is 0.0190. The highest BCUT2D eigenvalue weighted by molar-refractivity contribution is 7.89.